The number of nitrogens with two attached hydrogens (primary N) is 1. The van der Waals surface area contributed by atoms with Gasteiger partial charge in [0.1, 0.15) is 5.69 Å². The monoisotopic (exact) mass is 558 g/mol. The van der Waals surface area contributed by atoms with E-state index in [1.54, 1.807) is 0 Å². The fourth-order valence-corrected chi connectivity index (χ4v) is 5.92. The van der Waals surface area contributed by atoms with Crippen LogP contribution in [-0.2, 0) is 6.54 Å². The first-order valence-corrected chi connectivity index (χ1v) is 14.7. The summed E-state index contributed by atoms with van der Waals surface area (Å²) in [5.41, 5.74) is 9.92. The van der Waals surface area contributed by atoms with Crippen LogP contribution in [-0.4, -0.2) is 57.2 Å². The molecular weight excluding hydrogens is 516 g/mol. The van der Waals surface area contributed by atoms with Crippen LogP contribution in [0.25, 0.3) is 11.3 Å². The molecule has 11 heteroatoms. The SMILES string of the molecule is C=Nc1nc(/C(N)=N/O)nc(N[C@H](C)C2CCC2)c1N(CNCc1cn[nH]c1-c1ccccc1)CC1CCCCC1. The Bertz CT molecular complexity index is 1310. The summed E-state index contributed by atoms with van der Waals surface area (Å²) in [5, 5.41) is 27.2. The number of anilines is 2. The zero-order valence-corrected chi connectivity index (χ0v) is 23.9. The molecule has 0 radical (unpaired) electrons. The van der Waals surface area contributed by atoms with Crippen LogP contribution in [0.3, 0.4) is 0 Å². The van der Waals surface area contributed by atoms with Gasteiger partial charge < -0.3 is 21.2 Å². The zero-order chi connectivity index (χ0) is 28.6. The lowest BCUT2D eigenvalue weighted by atomic mass is 9.80. The van der Waals surface area contributed by atoms with Gasteiger partial charge in [-0.1, -0.05) is 61.2 Å². The molecule has 2 aliphatic rings. The molecule has 0 spiro atoms. The normalized spacial score (nSPS) is 17.1. The maximum atomic E-state index is 9.35. The van der Waals surface area contributed by atoms with Crippen LogP contribution in [0, 0.1) is 11.8 Å². The number of H-pyrrole nitrogens is 1. The molecule has 218 valence electrons. The van der Waals surface area contributed by atoms with Crippen molar-refractivity contribution in [3.8, 4) is 11.3 Å². The van der Waals surface area contributed by atoms with Crippen molar-refractivity contribution in [1.29, 1.82) is 0 Å². The summed E-state index contributed by atoms with van der Waals surface area (Å²) in [6.07, 6.45) is 11.7. The Hall–Kier alpha value is -3.99. The molecule has 1 aromatic carbocycles. The number of hydrogen-bond donors (Lipinski definition) is 5. The third-order valence-corrected chi connectivity index (χ3v) is 8.49. The molecule has 1 atom stereocenters. The van der Waals surface area contributed by atoms with Gasteiger partial charge in [-0.05, 0) is 56.7 Å². The Morgan fingerprint density at radius 3 is 2.61 bits per heavy atom. The number of hydrogen-bond acceptors (Lipinski definition) is 9. The molecule has 2 heterocycles. The van der Waals surface area contributed by atoms with Gasteiger partial charge >= 0.3 is 0 Å². The van der Waals surface area contributed by atoms with Gasteiger partial charge in [0, 0.05) is 24.7 Å². The lowest BCUT2D eigenvalue weighted by molar-refractivity contribution is 0.285. The predicted octanol–water partition coefficient (Wildman–Crippen LogP) is 5.03. The molecule has 2 saturated carbocycles. The Kier molecular flexibility index (Phi) is 9.45. The van der Waals surface area contributed by atoms with Crippen molar-refractivity contribution < 1.29 is 5.21 Å². The number of aliphatic imine (C=N–C) groups is 1. The van der Waals surface area contributed by atoms with E-state index in [9.17, 15) is 5.21 Å². The number of benzene rings is 1. The summed E-state index contributed by atoms with van der Waals surface area (Å²) in [4.78, 5) is 15.9. The highest BCUT2D eigenvalue weighted by Crippen LogP contribution is 2.38. The van der Waals surface area contributed by atoms with E-state index in [4.69, 9.17) is 10.7 Å². The molecule has 2 aliphatic carbocycles. The molecular formula is C30H42N10O. The third kappa shape index (κ3) is 6.84. The average molecular weight is 559 g/mol. The van der Waals surface area contributed by atoms with E-state index < -0.39 is 0 Å². The van der Waals surface area contributed by atoms with Crippen LogP contribution in [0.5, 0.6) is 0 Å². The van der Waals surface area contributed by atoms with Crippen LogP contribution in [0.1, 0.15) is 69.7 Å². The van der Waals surface area contributed by atoms with E-state index in [0.717, 1.165) is 29.1 Å². The fraction of sp³-hybridized carbons (Fsp3) is 0.500. The number of aromatic amines is 1. The standard InChI is InChI=1S/C30H42N10O/c1-20(22-14-9-15-22)35-29-26(28(32-2)36-30(37-29)27(31)39-41)40(18-21-10-5-3-6-11-21)19-33-16-24-17-34-38-25(24)23-12-7-4-8-13-23/h4,7-8,12-13,17,20-22,33,41H,2-3,5-6,9-11,14-16,18-19H2,1H3,(H2,31,39)(H,34,38)(H,35,36,37)/t20-/m1/s1. The first kappa shape index (κ1) is 28.5. The fourth-order valence-electron chi connectivity index (χ4n) is 5.92. The highest BCUT2D eigenvalue weighted by Gasteiger charge is 2.29. The van der Waals surface area contributed by atoms with Crippen molar-refractivity contribution in [3.63, 3.8) is 0 Å². The van der Waals surface area contributed by atoms with Gasteiger partial charge in [0.25, 0.3) is 0 Å². The second kappa shape index (κ2) is 13.6. The number of amidine groups is 1. The molecule has 0 saturated heterocycles. The van der Waals surface area contributed by atoms with Gasteiger partial charge in [0.05, 0.1) is 18.6 Å². The third-order valence-electron chi connectivity index (χ3n) is 8.49. The van der Waals surface area contributed by atoms with Crippen molar-refractivity contribution >= 4 is 29.9 Å². The predicted molar refractivity (Wildman–Crippen MR) is 164 cm³/mol. The zero-order valence-electron chi connectivity index (χ0n) is 23.9. The van der Waals surface area contributed by atoms with Gasteiger partial charge in [-0.3, -0.25) is 10.4 Å². The van der Waals surface area contributed by atoms with E-state index >= 15 is 0 Å². The molecule has 0 bridgehead atoms. The molecule has 41 heavy (non-hydrogen) atoms. The topological polar surface area (TPSA) is 153 Å². The van der Waals surface area contributed by atoms with Crippen molar-refractivity contribution in [2.24, 2.45) is 27.7 Å². The minimum Gasteiger partial charge on any atom is -0.409 e. The van der Waals surface area contributed by atoms with E-state index in [-0.39, 0.29) is 17.7 Å². The molecule has 0 aliphatic heterocycles. The van der Waals surface area contributed by atoms with Crippen LogP contribution in [0.4, 0.5) is 17.3 Å². The smallest absolute Gasteiger partial charge is 0.208 e. The van der Waals surface area contributed by atoms with E-state index in [0.29, 0.717) is 36.7 Å². The summed E-state index contributed by atoms with van der Waals surface area (Å²) < 4.78 is 0. The maximum Gasteiger partial charge on any atom is 0.208 e. The lowest BCUT2D eigenvalue weighted by Crippen LogP contribution is -2.40. The Balaban J connectivity index is 1.45. The van der Waals surface area contributed by atoms with Crippen LogP contribution >= 0.6 is 0 Å². The quantitative estimate of drug-likeness (QED) is 0.0644. The van der Waals surface area contributed by atoms with Crippen molar-refractivity contribution in [3.05, 3.63) is 47.9 Å². The van der Waals surface area contributed by atoms with Gasteiger partial charge in [0.2, 0.25) is 11.7 Å². The van der Waals surface area contributed by atoms with Crippen LogP contribution < -0.4 is 21.3 Å². The first-order chi connectivity index (χ1) is 20.1. The van der Waals surface area contributed by atoms with Crippen molar-refractivity contribution in [2.75, 3.05) is 23.4 Å². The first-order valence-electron chi connectivity index (χ1n) is 14.7. The van der Waals surface area contributed by atoms with Crippen molar-refractivity contribution in [1.82, 2.24) is 25.5 Å². The largest absolute Gasteiger partial charge is 0.409 e. The molecule has 0 amide bonds. The Morgan fingerprint density at radius 1 is 1.15 bits per heavy atom. The lowest BCUT2D eigenvalue weighted by Gasteiger charge is -2.35. The van der Waals surface area contributed by atoms with Gasteiger partial charge in [-0.15, -0.1) is 0 Å². The summed E-state index contributed by atoms with van der Waals surface area (Å²) >= 11 is 0. The summed E-state index contributed by atoms with van der Waals surface area (Å²) in [6.45, 7) is 8.03. The molecule has 0 unspecified atom stereocenters. The maximum absolute atomic E-state index is 9.35. The second-order valence-electron chi connectivity index (χ2n) is 11.3. The summed E-state index contributed by atoms with van der Waals surface area (Å²) in [7, 11) is 0. The summed E-state index contributed by atoms with van der Waals surface area (Å²) in [6, 6.07) is 10.4. The molecule has 5 rings (SSSR count). The number of nitrogens with zero attached hydrogens (tertiary/aromatic N) is 6. The van der Waals surface area contributed by atoms with Gasteiger partial charge in [-0.25, -0.2) is 15.0 Å². The minimum atomic E-state index is -0.161. The highest BCUT2D eigenvalue weighted by atomic mass is 16.4. The average Bonchev–Trinajstić information content (AvgIpc) is 3.44. The Morgan fingerprint density at radius 2 is 1.93 bits per heavy atom. The van der Waals surface area contributed by atoms with E-state index in [1.807, 2.05) is 24.4 Å². The molecule has 6 N–H and O–H groups in total. The van der Waals surface area contributed by atoms with Crippen LogP contribution in [0.2, 0.25) is 0 Å². The molecule has 11 nitrogen and oxygen atoms in total. The number of oxime groups is 1. The van der Waals surface area contributed by atoms with Gasteiger partial charge in [-0.2, -0.15) is 5.10 Å². The molecule has 2 fully saturated rings. The summed E-state index contributed by atoms with van der Waals surface area (Å²) in [5.74, 6) is 2.14. The molecule has 3 aromatic rings. The van der Waals surface area contributed by atoms with Crippen LogP contribution in [0.15, 0.2) is 46.7 Å². The van der Waals surface area contributed by atoms with E-state index in [1.165, 1.54) is 51.4 Å². The Labute approximate surface area is 241 Å². The highest BCUT2D eigenvalue weighted by molar-refractivity contribution is 5.95. The number of aromatic nitrogens is 4. The van der Waals surface area contributed by atoms with E-state index in [2.05, 4.69) is 66.6 Å². The second-order valence-corrected chi connectivity index (χ2v) is 11.3. The number of nitrogens with one attached hydrogen (secondary N) is 3. The van der Waals surface area contributed by atoms with Crippen molar-refractivity contribution in [2.45, 2.75) is 70.9 Å². The molecule has 2 aromatic heterocycles. The minimum absolute atomic E-state index is 0.124. The van der Waals surface area contributed by atoms with Gasteiger partial charge in [0.15, 0.2) is 11.6 Å². The number of rotatable bonds is 13.